The smallest absolute Gasteiger partial charge is 0.124 e. The van der Waals surface area contributed by atoms with Crippen molar-refractivity contribution in [3.63, 3.8) is 0 Å². The molecule has 0 aliphatic heterocycles. The van der Waals surface area contributed by atoms with Crippen LogP contribution in [0.1, 0.15) is 32.3 Å². The fourth-order valence-corrected chi connectivity index (χ4v) is 2.95. The molecule has 1 aromatic carbocycles. The van der Waals surface area contributed by atoms with E-state index in [4.69, 9.17) is 4.74 Å². The number of hydrogen-bond acceptors (Lipinski definition) is 2. The molecule has 2 atom stereocenters. The first-order valence-corrected chi connectivity index (χ1v) is 8.01. The van der Waals surface area contributed by atoms with Crippen LogP contribution in [-0.4, -0.2) is 26.3 Å². The lowest BCUT2D eigenvalue weighted by molar-refractivity contribution is 0.149. The minimum Gasteiger partial charge on any atom is -0.384 e. The number of methoxy groups -OCH3 is 1. The van der Waals surface area contributed by atoms with Crippen LogP contribution in [0, 0.1) is 11.7 Å². The molecule has 20 heavy (non-hydrogen) atoms. The summed E-state index contributed by atoms with van der Waals surface area (Å²) in [4.78, 5) is 0. The lowest BCUT2D eigenvalue weighted by Gasteiger charge is -2.22. The quantitative estimate of drug-likeness (QED) is 0.725. The maximum Gasteiger partial charge on any atom is 0.124 e. The molecule has 1 aromatic rings. The highest BCUT2D eigenvalue weighted by molar-refractivity contribution is 9.10. The molecule has 0 radical (unpaired) electrons. The highest BCUT2D eigenvalue weighted by Crippen LogP contribution is 2.18. The van der Waals surface area contributed by atoms with Gasteiger partial charge in [0, 0.05) is 24.2 Å². The van der Waals surface area contributed by atoms with Gasteiger partial charge in [0.2, 0.25) is 0 Å². The lowest BCUT2D eigenvalue weighted by Crippen LogP contribution is -2.34. The molecule has 2 unspecified atom stereocenters. The van der Waals surface area contributed by atoms with E-state index >= 15 is 0 Å². The zero-order chi connectivity index (χ0) is 15.0. The Hall–Kier alpha value is -0.450. The monoisotopic (exact) mass is 345 g/mol. The van der Waals surface area contributed by atoms with Crippen LogP contribution in [0.4, 0.5) is 4.39 Å². The van der Waals surface area contributed by atoms with Crippen molar-refractivity contribution in [3.8, 4) is 0 Å². The molecule has 0 heterocycles. The number of hydrogen-bond donors (Lipinski definition) is 1. The van der Waals surface area contributed by atoms with Gasteiger partial charge in [0.1, 0.15) is 5.82 Å². The lowest BCUT2D eigenvalue weighted by atomic mass is 9.96. The van der Waals surface area contributed by atoms with Gasteiger partial charge in [-0.15, -0.1) is 0 Å². The van der Waals surface area contributed by atoms with Gasteiger partial charge in [0.25, 0.3) is 0 Å². The number of nitrogens with one attached hydrogen (secondary N) is 1. The van der Waals surface area contributed by atoms with Crippen molar-refractivity contribution in [1.82, 2.24) is 5.32 Å². The Bertz CT molecular complexity index is 380. The maximum atomic E-state index is 13.4. The molecule has 0 saturated heterocycles. The van der Waals surface area contributed by atoms with Crippen LogP contribution in [0.2, 0.25) is 0 Å². The summed E-state index contributed by atoms with van der Waals surface area (Å²) < 4.78 is 19.4. The van der Waals surface area contributed by atoms with Gasteiger partial charge in [0.05, 0.1) is 0 Å². The third-order valence-corrected chi connectivity index (χ3v) is 3.68. The van der Waals surface area contributed by atoms with E-state index in [-0.39, 0.29) is 5.82 Å². The predicted octanol–water partition coefficient (Wildman–Crippen LogP) is 4.17. The summed E-state index contributed by atoms with van der Waals surface area (Å²) in [5.74, 6) is 0.305. The molecule has 0 fully saturated rings. The van der Waals surface area contributed by atoms with Crippen molar-refractivity contribution in [2.24, 2.45) is 5.92 Å². The maximum absolute atomic E-state index is 13.4. The highest BCUT2D eigenvalue weighted by Gasteiger charge is 2.14. The summed E-state index contributed by atoms with van der Waals surface area (Å²) in [6, 6.07) is 5.46. The van der Waals surface area contributed by atoms with Gasteiger partial charge in [-0.1, -0.05) is 29.8 Å². The third kappa shape index (κ3) is 6.82. The van der Waals surface area contributed by atoms with Gasteiger partial charge in [-0.2, -0.15) is 0 Å². The van der Waals surface area contributed by atoms with Crippen LogP contribution < -0.4 is 5.32 Å². The van der Waals surface area contributed by atoms with Crippen molar-refractivity contribution in [1.29, 1.82) is 0 Å². The van der Waals surface area contributed by atoms with Crippen molar-refractivity contribution in [3.05, 3.63) is 34.1 Å². The number of rotatable bonds is 9. The molecule has 114 valence electrons. The van der Waals surface area contributed by atoms with Crippen LogP contribution in [-0.2, 0) is 11.2 Å². The van der Waals surface area contributed by atoms with Gasteiger partial charge in [-0.25, -0.2) is 4.39 Å². The standard InChI is InChI=1S/C16H25BrFNO/c1-4-5-19-16(6-12(2)11-20-3)9-13-7-14(17)10-15(18)8-13/h7-8,10,12,16,19H,4-6,9,11H2,1-3H3. The minimum atomic E-state index is -0.187. The summed E-state index contributed by atoms with van der Waals surface area (Å²) >= 11 is 3.35. The van der Waals surface area contributed by atoms with E-state index < -0.39 is 0 Å². The number of ether oxygens (including phenoxy) is 1. The van der Waals surface area contributed by atoms with E-state index in [0.29, 0.717) is 12.0 Å². The Morgan fingerprint density at radius 1 is 1.35 bits per heavy atom. The van der Waals surface area contributed by atoms with Crippen molar-refractivity contribution >= 4 is 15.9 Å². The average molecular weight is 346 g/mol. The number of halogens is 2. The topological polar surface area (TPSA) is 21.3 Å². The molecule has 0 saturated carbocycles. The van der Waals surface area contributed by atoms with Crippen LogP contribution in [0.25, 0.3) is 0 Å². The molecule has 0 aliphatic rings. The normalized spacial score (nSPS) is 14.2. The summed E-state index contributed by atoms with van der Waals surface area (Å²) in [5.41, 5.74) is 1.02. The first-order chi connectivity index (χ1) is 9.55. The van der Waals surface area contributed by atoms with Gasteiger partial charge < -0.3 is 10.1 Å². The average Bonchev–Trinajstić information content (AvgIpc) is 2.35. The SMILES string of the molecule is CCCNC(Cc1cc(F)cc(Br)c1)CC(C)COC. The van der Waals surface area contributed by atoms with Crippen LogP contribution in [0.3, 0.4) is 0 Å². The van der Waals surface area contributed by atoms with Crippen LogP contribution >= 0.6 is 15.9 Å². The zero-order valence-corrected chi connectivity index (χ0v) is 14.2. The summed E-state index contributed by atoms with van der Waals surface area (Å²) in [7, 11) is 1.73. The zero-order valence-electron chi connectivity index (χ0n) is 12.6. The first kappa shape index (κ1) is 17.6. The van der Waals surface area contributed by atoms with Gasteiger partial charge in [-0.05, 0) is 55.5 Å². The van der Waals surface area contributed by atoms with Gasteiger partial charge in [-0.3, -0.25) is 0 Å². The second-order valence-electron chi connectivity index (χ2n) is 5.43. The largest absolute Gasteiger partial charge is 0.384 e. The molecule has 2 nitrogen and oxygen atoms in total. The number of benzene rings is 1. The van der Waals surface area contributed by atoms with Gasteiger partial charge >= 0.3 is 0 Å². The van der Waals surface area contributed by atoms with E-state index in [0.717, 1.165) is 42.5 Å². The Morgan fingerprint density at radius 2 is 2.10 bits per heavy atom. The molecule has 0 amide bonds. The first-order valence-electron chi connectivity index (χ1n) is 7.22. The van der Waals surface area contributed by atoms with Crippen LogP contribution in [0.5, 0.6) is 0 Å². The molecule has 1 N–H and O–H groups in total. The molecule has 0 bridgehead atoms. The summed E-state index contributed by atoms with van der Waals surface area (Å²) in [5, 5.41) is 3.55. The Kier molecular flexibility index (Phi) is 8.34. The van der Waals surface area contributed by atoms with Crippen molar-refractivity contribution in [2.45, 2.75) is 39.2 Å². The van der Waals surface area contributed by atoms with E-state index in [2.05, 4.69) is 35.1 Å². The summed E-state index contributed by atoms with van der Waals surface area (Å²) in [6.45, 7) is 6.09. The molecule has 0 aromatic heterocycles. The van der Waals surface area contributed by atoms with Crippen molar-refractivity contribution in [2.75, 3.05) is 20.3 Å². The Labute approximate surface area is 130 Å². The highest BCUT2D eigenvalue weighted by atomic mass is 79.9. The molecule has 4 heteroatoms. The molecule has 1 rings (SSSR count). The summed E-state index contributed by atoms with van der Waals surface area (Å²) in [6.07, 6.45) is 2.97. The molecular weight excluding hydrogens is 321 g/mol. The van der Waals surface area contributed by atoms with Crippen LogP contribution in [0.15, 0.2) is 22.7 Å². The predicted molar refractivity (Wildman–Crippen MR) is 85.5 cm³/mol. The van der Waals surface area contributed by atoms with E-state index in [1.807, 2.05) is 6.07 Å². The van der Waals surface area contributed by atoms with Crippen molar-refractivity contribution < 1.29 is 9.13 Å². The minimum absolute atomic E-state index is 0.187. The fourth-order valence-electron chi connectivity index (χ4n) is 2.44. The third-order valence-electron chi connectivity index (χ3n) is 3.23. The molecular formula is C16H25BrFNO. The van der Waals surface area contributed by atoms with Gasteiger partial charge in [0.15, 0.2) is 0 Å². The van der Waals surface area contributed by atoms with E-state index in [1.54, 1.807) is 13.2 Å². The Morgan fingerprint density at radius 3 is 2.70 bits per heavy atom. The Balaban J connectivity index is 2.67. The van der Waals surface area contributed by atoms with E-state index in [1.165, 1.54) is 6.07 Å². The second-order valence-corrected chi connectivity index (χ2v) is 6.34. The van der Waals surface area contributed by atoms with E-state index in [9.17, 15) is 4.39 Å². The second kappa shape index (κ2) is 9.48. The molecule has 0 aliphatic carbocycles. The fraction of sp³-hybridized carbons (Fsp3) is 0.625. The molecule has 0 spiro atoms.